The normalized spacial score (nSPS) is 9.94. The predicted octanol–water partition coefficient (Wildman–Crippen LogP) is 0.649. The lowest BCUT2D eigenvalue weighted by Crippen LogP contribution is -2.39. The Balaban J connectivity index is 2.49. The van der Waals surface area contributed by atoms with Crippen molar-refractivity contribution in [2.24, 2.45) is 0 Å². The number of carbonyl (C=O) groups excluding carboxylic acids is 2. The fourth-order valence-corrected chi connectivity index (χ4v) is 1.36. The molecule has 0 aliphatic carbocycles. The summed E-state index contributed by atoms with van der Waals surface area (Å²) in [6.45, 7) is 6.16. The summed E-state index contributed by atoms with van der Waals surface area (Å²) in [7, 11) is 0. The van der Waals surface area contributed by atoms with E-state index in [1.54, 1.807) is 6.92 Å². The second-order valence-corrected chi connectivity index (χ2v) is 3.48. The van der Waals surface area contributed by atoms with Crippen molar-refractivity contribution in [3.63, 3.8) is 0 Å². The lowest BCUT2D eigenvalue weighted by molar-refractivity contribution is -0.139. The Morgan fingerprint density at radius 1 is 1.25 bits per heavy atom. The summed E-state index contributed by atoms with van der Waals surface area (Å²) in [5.74, 6) is 0.314. The van der Waals surface area contributed by atoms with Crippen molar-refractivity contribution in [2.75, 3.05) is 6.54 Å². The van der Waals surface area contributed by atoms with Gasteiger partial charge >= 0.3 is 11.8 Å². The van der Waals surface area contributed by atoms with Gasteiger partial charge in [-0.15, -0.1) is 0 Å². The second-order valence-electron chi connectivity index (χ2n) is 3.48. The van der Waals surface area contributed by atoms with Crippen molar-refractivity contribution < 1.29 is 14.0 Å². The molecule has 0 saturated carbocycles. The first kappa shape index (κ1) is 12.3. The van der Waals surface area contributed by atoms with Crippen LogP contribution in [0.5, 0.6) is 0 Å². The number of hydrogen-bond acceptors (Lipinski definition) is 3. The number of amides is 2. The van der Waals surface area contributed by atoms with Crippen LogP contribution in [0.25, 0.3) is 0 Å². The Morgan fingerprint density at radius 3 is 2.38 bits per heavy atom. The fourth-order valence-electron chi connectivity index (χ4n) is 1.36. The molecule has 0 radical (unpaired) electrons. The molecular weight excluding hydrogens is 208 g/mol. The van der Waals surface area contributed by atoms with Crippen LogP contribution >= 0.6 is 0 Å². The van der Waals surface area contributed by atoms with E-state index in [1.807, 2.05) is 19.9 Å². The smallest absolute Gasteiger partial charge is 0.309 e. The van der Waals surface area contributed by atoms with E-state index in [1.165, 1.54) is 0 Å². The number of aryl methyl sites for hydroxylation is 2. The van der Waals surface area contributed by atoms with Crippen LogP contribution < -0.4 is 10.6 Å². The minimum absolute atomic E-state index is 0.305. The Hall–Kier alpha value is -1.78. The first-order valence-corrected chi connectivity index (χ1v) is 5.16. The van der Waals surface area contributed by atoms with E-state index in [0.717, 1.165) is 17.1 Å². The molecule has 16 heavy (non-hydrogen) atoms. The Morgan fingerprint density at radius 2 is 1.88 bits per heavy atom. The van der Waals surface area contributed by atoms with Crippen molar-refractivity contribution in [3.05, 3.63) is 23.2 Å². The van der Waals surface area contributed by atoms with Crippen LogP contribution in [0.2, 0.25) is 0 Å². The van der Waals surface area contributed by atoms with Crippen LogP contribution in [-0.4, -0.2) is 18.4 Å². The summed E-state index contributed by atoms with van der Waals surface area (Å²) in [5, 5.41) is 4.95. The van der Waals surface area contributed by atoms with Gasteiger partial charge in [0.25, 0.3) is 0 Å². The van der Waals surface area contributed by atoms with Crippen LogP contribution in [0.3, 0.4) is 0 Å². The molecule has 0 fully saturated rings. The first-order chi connectivity index (χ1) is 7.54. The molecular formula is C11H16N2O3. The van der Waals surface area contributed by atoms with Gasteiger partial charge in [-0.2, -0.15) is 0 Å². The summed E-state index contributed by atoms with van der Waals surface area (Å²) in [6, 6.07) is 1.84. The maximum atomic E-state index is 11.3. The van der Waals surface area contributed by atoms with Crippen LogP contribution in [0.15, 0.2) is 10.5 Å². The molecule has 0 bridgehead atoms. The monoisotopic (exact) mass is 224 g/mol. The van der Waals surface area contributed by atoms with Gasteiger partial charge in [-0.3, -0.25) is 9.59 Å². The average Bonchev–Trinajstić information content (AvgIpc) is 2.54. The summed E-state index contributed by atoms with van der Waals surface area (Å²) in [6.07, 6.45) is 0. The average molecular weight is 224 g/mol. The predicted molar refractivity (Wildman–Crippen MR) is 58.7 cm³/mol. The summed E-state index contributed by atoms with van der Waals surface area (Å²) < 4.78 is 5.30. The highest BCUT2D eigenvalue weighted by atomic mass is 16.3. The first-order valence-electron chi connectivity index (χ1n) is 5.16. The van der Waals surface area contributed by atoms with E-state index in [4.69, 9.17) is 4.42 Å². The van der Waals surface area contributed by atoms with Gasteiger partial charge in [0.2, 0.25) is 0 Å². The van der Waals surface area contributed by atoms with Gasteiger partial charge in [-0.25, -0.2) is 0 Å². The highest BCUT2D eigenvalue weighted by Gasteiger charge is 2.12. The summed E-state index contributed by atoms with van der Waals surface area (Å²) >= 11 is 0. The van der Waals surface area contributed by atoms with Crippen molar-refractivity contribution in [1.82, 2.24) is 10.6 Å². The Bertz CT molecular complexity index is 396. The topological polar surface area (TPSA) is 71.3 Å². The molecule has 0 atom stereocenters. The molecule has 5 nitrogen and oxygen atoms in total. The van der Waals surface area contributed by atoms with Crippen LogP contribution in [0, 0.1) is 13.8 Å². The van der Waals surface area contributed by atoms with Gasteiger partial charge in [-0.05, 0) is 26.8 Å². The standard InChI is InChI=1S/C11H16N2O3/c1-4-12-10(14)11(15)13-6-9-5-7(2)16-8(9)3/h5H,4,6H2,1-3H3,(H,12,14)(H,13,15). The molecule has 0 aliphatic heterocycles. The van der Waals surface area contributed by atoms with E-state index in [0.29, 0.717) is 13.1 Å². The van der Waals surface area contributed by atoms with Crippen LogP contribution in [0.1, 0.15) is 24.0 Å². The van der Waals surface area contributed by atoms with E-state index >= 15 is 0 Å². The van der Waals surface area contributed by atoms with Gasteiger partial charge < -0.3 is 15.1 Å². The second kappa shape index (κ2) is 5.34. The number of hydrogen-bond donors (Lipinski definition) is 2. The van der Waals surface area contributed by atoms with Gasteiger partial charge in [0.1, 0.15) is 11.5 Å². The van der Waals surface area contributed by atoms with E-state index in [-0.39, 0.29) is 0 Å². The zero-order valence-corrected chi connectivity index (χ0v) is 9.72. The number of likely N-dealkylation sites (N-methyl/N-ethyl adjacent to an activating group) is 1. The molecule has 1 aromatic heterocycles. The largest absolute Gasteiger partial charge is 0.466 e. The quantitative estimate of drug-likeness (QED) is 0.740. The minimum Gasteiger partial charge on any atom is -0.466 e. The van der Waals surface area contributed by atoms with Gasteiger partial charge in [0.05, 0.1) is 0 Å². The zero-order valence-electron chi connectivity index (χ0n) is 9.72. The number of furan rings is 1. The molecule has 1 rings (SSSR count). The summed E-state index contributed by atoms with van der Waals surface area (Å²) in [4.78, 5) is 22.4. The third-order valence-electron chi connectivity index (χ3n) is 2.13. The number of carbonyl (C=O) groups is 2. The number of nitrogens with one attached hydrogen (secondary N) is 2. The molecule has 0 unspecified atom stereocenters. The SMILES string of the molecule is CCNC(=O)C(=O)NCc1cc(C)oc1C. The van der Waals surface area contributed by atoms with Crippen LogP contribution in [0.4, 0.5) is 0 Å². The minimum atomic E-state index is -0.625. The molecule has 1 aromatic rings. The lowest BCUT2D eigenvalue weighted by atomic mass is 10.2. The van der Waals surface area contributed by atoms with E-state index in [9.17, 15) is 9.59 Å². The Labute approximate surface area is 94.2 Å². The third-order valence-corrected chi connectivity index (χ3v) is 2.13. The molecule has 5 heteroatoms. The van der Waals surface area contributed by atoms with Crippen molar-refractivity contribution in [1.29, 1.82) is 0 Å². The van der Waals surface area contributed by atoms with Crippen molar-refractivity contribution in [3.8, 4) is 0 Å². The molecule has 1 heterocycles. The van der Waals surface area contributed by atoms with Gasteiger partial charge in [0, 0.05) is 18.7 Å². The summed E-state index contributed by atoms with van der Waals surface area (Å²) in [5.41, 5.74) is 0.884. The molecule has 88 valence electrons. The number of rotatable bonds is 3. The highest BCUT2D eigenvalue weighted by molar-refractivity contribution is 6.35. The zero-order chi connectivity index (χ0) is 12.1. The fraction of sp³-hybridized carbons (Fsp3) is 0.455. The Kier molecular flexibility index (Phi) is 4.10. The van der Waals surface area contributed by atoms with E-state index in [2.05, 4.69) is 10.6 Å². The van der Waals surface area contributed by atoms with Crippen LogP contribution in [-0.2, 0) is 16.1 Å². The highest BCUT2D eigenvalue weighted by Crippen LogP contribution is 2.12. The molecule has 0 spiro atoms. The maximum Gasteiger partial charge on any atom is 0.309 e. The van der Waals surface area contributed by atoms with E-state index < -0.39 is 11.8 Å². The van der Waals surface area contributed by atoms with Crippen molar-refractivity contribution in [2.45, 2.75) is 27.3 Å². The maximum absolute atomic E-state index is 11.3. The molecule has 0 aliphatic rings. The van der Waals surface area contributed by atoms with Crippen molar-refractivity contribution >= 4 is 11.8 Å². The molecule has 2 N–H and O–H groups in total. The third kappa shape index (κ3) is 3.12. The molecule has 0 saturated heterocycles. The molecule has 0 aromatic carbocycles. The molecule has 2 amide bonds. The lowest BCUT2D eigenvalue weighted by Gasteiger charge is -2.03. The van der Waals surface area contributed by atoms with Gasteiger partial charge in [0.15, 0.2) is 0 Å². The van der Waals surface area contributed by atoms with Gasteiger partial charge in [-0.1, -0.05) is 0 Å².